The van der Waals surface area contributed by atoms with Crippen molar-refractivity contribution in [1.82, 2.24) is 9.88 Å². The highest BCUT2D eigenvalue weighted by Crippen LogP contribution is 2.34. The first-order chi connectivity index (χ1) is 17.8. The van der Waals surface area contributed by atoms with Crippen molar-refractivity contribution in [3.05, 3.63) is 101 Å². The van der Waals surface area contributed by atoms with E-state index in [2.05, 4.69) is 48.5 Å². The number of hydrogen-bond acceptors (Lipinski definition) is 3. The molecule has 3 aromatic rings. The molecular weight excluding hydrogens is 470 g/mol. The van der Waals surface area contributed by atoms with Crippen LogP contribution in [0.5, 0.6) is 5.75 Å². The lowest BCUT2D eigenvalue weighted by Crippen LogP contribution is -2.08. The molecule has 1 aliphatic rings. The molecule has 0 spiro atoms. The van der Waals surface area contributed by atoms with Crippen molar-refractivity contribution in [2.45, 2.75) is 59.0 Å². The van der Waals surface area contributed by atoms with Crippen molar-refractivity contribution >= 4 is 17.2 Å². The predicted octanol–water partition coefficient (Wildman–Crippen LogP) is 7.84. The number of carbonyl (C=O) groups is 1. The number of hydrogen-bond donors (Lipinski definition) is 1. The molecule has 1 aliphatic carbocycles. The molecule has 0 saturated heterocycles. The first-order valence-corrected chi connectivity index (χ1v) is 12.7. The summed E-state index contributed by atoms with van der Waals surface area (Å²) in [7, 11) is 1.75. The number of carbonyl (C=O) groups excluding carboxylic acids is 1. The van der Waals surface area contributed by atoms with E-state index < -0.39 is 11.6 Å². The average Bonchev–Trinajstić information content (AvgIpc) is 3.20. The maximum atomic E-state index is 12.5. The molecule has 0 saturated carbocycles. The van der Waals surface area contributed by atoms with E-state index in [0.717, 1.165) is 77.4 Å². The molecule has 2 aromatic carbocycles. The summed E-state index contributed by atoms with van der Waals surface area (Å²) in [6.45, 7) is 11.5. The van der Waals surface area contributed by atoms with Crippen molar-refractivity contribution in [1.29, 1.82) is 0 Å². The number of rotatable bonds is 9. The number of aromatic nitrogens is 1. The van der Waals surface area contributed by atoms with Gasteiger partial charge in [-0.25, -0.2) is 8.78 Å². The van der Waals surface area contributed by atoms with E-state index in [1.165, 1.54) is 11.6 Å². The monoisotopic (exact) mass is 506 g/mol. The Balaban J connectivity index is 0.000000289. The molecule has 0 atom stereocenters. The van der Waals surface area contributed by atoms with Crippen molar-refractivity contribution in [2.24, 2.45) is 0 Å². The van der Waals surface area contributed by atoms with Crippen LogP contribution in [0.1, 0.15) is 67.6 Å². The van der Waals surface area contributed by atoms with Gasteiger partial charge in [0.25, 0.3) is 0 Å². The number of allylic oxidation sites excluding steroid dienone is 5. The molecule has 0 fully saturated rings. The Kier molecular flexibility index (Phi) is 9.98. The van der Waals surface area contributed by atoms with Crippen LogP contribution < -0.4 is 10.1 Å². The van der Waals surface area contributed by atoms with E-state index in [1.807, 2.05) is 25.1 Å². The fraction of sp³-hybridized carbons (Fsp3) is 0.323. The number of benzene rings is 2. The van der Waals surface area contributed by atoms with Crippen LogP contribution in [0.2, 0.25) is 0 Å². The fourth-order valence-corrected chi connectivity index (χ4v) is 4.42. The van der Waals surface area contributed by atoms with Gasteiger partial charge in [0.15, 0.2) is 17.9 Å². The smallest absolute Gasteiger partial charge is 0.159 e. The lowest BCUT2D eigenvalue weighted by Gasteiger charge is -2.16. The molecule has 0 amide bonds. The molecule has 0 radical (unpaired) electrons. The van der Waals surface area contributed by atoms with Gasteiger partial charge in [-0.1, -0.05) is 51.6 Å². The normalized spacial score (nSPS) is 12.8. The van der Waals surface area contributed by atoms with Crippen LogP contribution in [0.4, 0.5) is 8.78 Å². The van der Waals surface area contributed by atoms with Gasteiger partial charge in [-0.05, 0) is 61.2 Å². The molecule has 6 heteroatoms. The lowest BCUT2D eigenvalue weighted by molar-refractivity contribution is 0.112. The maximum absolute atomic E-state index is 12.5. The van der Waals surface area contributed by atoms with Gasteiger partial charge in [-0.3, -0.25) is 4.79 Å². The van der Waals surface area contributed by atoms with E-state index in [0.29, 0.717) is 6.54 Å². The van der Waals surface area contributed by atoms with Crippen LogP contribution in [-0.4, -0.2) is 17.9 Å². The Bertz CT molecular complexity index is 1320. The van der Waals surface area contributed by atoms with Crippen LogP contribution in [0.15, 0.2) is 72.5 Å². The second-order valence-electron chi connectivity index (χ2n) is 9.37. The van der Waals surface area contributed by atoms with Crippen molar-refractivity contribution < 1.29 is 18.3 Å². The number of nitrogens with one attached hydrogen (secondary N) is 1. The van der Waals surface area contributed by atoms with Gasteiger partial charge >= 0.3 is 0 Å². The van der Waals surface area contributed by atoms with Crippen LogP contribution >= 0.6 is 0 Å². The number of ether oxygens (including phenoxy) is 1. The standard InChI is InChI=1S/C23H27NO2.C8H9F2N/c1-5-17(4)26-19-11-12-20-21(15-25)23(16(2)3)24(22(20)13-19)14-18-9-7-6-8-10-18;1-11-5-6-2-3-7(9)8(10)4-6/h7,9-13,15-16H,4-6,8,14H2,1-3H3;2-4,11H,5H2,1H3. The number of nitrogens with zero attached hydrogens (tertiary/aromatic N) is 1. The molecule has 1 aromatic heterocycles. The van der Waals surface area contributed by atoms with E-state index in [9.17, 15) is 13.6 Å². The van der Waals surface area contributed by atoms with Crippen molar-refractivity contribution in [3.63, 3.8) is 0 Å². The van der Waals surface area contributed by atoms with Crippen LogP contribution in [0.3, 0.4) is 0 Å². The Morgan fingerprint density at radius 2 is 1.95 bits per heavy atom. The van der Waals surface area contributed by atoms with Gasteiger partial charge in [0.05, 0.1) is 11.3 Å². The fourth-order valence-electron chi connectivity index (χ4n) is 4.42. The summed E-state index contributed by atoms with van der Waals surface area (Å²) in [4.78, 5) is 11.9. The molecule has 4 rings (SSSR count). The Hall–Kier alpha value is -3.51. The highest BCUT2D eigenvalue weighted by atomic mass is 19.2. The summed E-state index contributed by atoms with van der Waals surface area (Å²) in [6.07, 6.45) is 10.6. The molecule has 37 heavy (non-hydrogen) atoms. The second-order valence-corrected chi connectivity index (χ2v) is 9.37. The van der Waals surface area contributed by atoms with Gasteiger partial charge < -0.3 is 14.6 Å². The lowest BCUT2D eigenvalue weighted by atomic mass is 10.0. The second kappa shape index (κ2) is 13.2. The highest BCUT2D eigenvalue weighted by Gasteiger charge is 2.20. The highest BCUT2D eigenvalue weighted by molar-refractivity contribution is 6.00. The summed E-state index contributed by atoms with van der Waals surface area (Å²) in [5.41, 5.74) is 4.94. The molecular formula is C31H36F2N2O2. The summed E-state index contributed by atoms with van der Waals surface area (Å²) in [5, 5.41) is 3.83. The molecule has 1 N–H and O–H groups in total. The number of aldehydes is 1. The Morgan fingerprint density at radius 1 is 1.16 bits per heavy atom. The molecule has 0 unspecified atom stereocenters. The summed E-state index contributed by atoms with van der Waals surface area (Å²) >= 11 is 0. The first-order valence-electron chi connectivity index (χ1n) is 12.7. The third kappa shape index (κ3) is 7.04. The molecule has 0 bridgehead atoms. The molecule has 1 heterocycles. The van der Waals surface area contributed by atoms with E-state index in [-0.39, 0.29) is 5.92 Å². The molecule has 4 nitrogen and oxygen atoms in total. The number of fused-ring (bicyclic) bond motifs is 1. The van der Waals surface area contributed by atoms with Gasteiger partial charge in [-0.2, -0.15) is 0 Å². The average molecular weight is 507 g/mol. The van der Waals surface area contributed by atoms with E-state index in [4.69, 9.17) is 4.74 Å². The van der Waals surface area contributed by atoms with Gasteiger partial charge in [0.2, 0.25) is 0 Å². The summed E-state index contributed by atoms with van der Waals surface area (Å²) in [5.74, 6) is 0.164. The van der Waals surface area contributed by atoms with E-state index in [1.54, 1.807) is 13.1 Å². The van der Waals surface area contributed by atoms with Crippen LogP contribution in [0.25, 0.3) is 10.9 Å². The SMILES string of the molecule is C=C(CC)Oc1ccc2c(C=O)c(C(C)C)n(CC3=CCCC=C3)c2c1.CNCc1ccc(F)c(F)c1. The third-order valence-corrected chi connectivity index (χ3v) is 6.22. The van der Waals surface area contributed by atoms with Gasteiger partial charge in [-0.15, -0.1) is 0 Å². The molecule has 196 valence electrons. The predicted molar refractivity (Wildman–Crippen MR) is 147 cm³/mol. The van der Waals surface area contributed by atoms with E-state index >= 15 is 0 Å². The quantitative estimate of drug-likeness (QED) is 0.237. The summed E-state index contributed by atoms with van der Waals surface area (Å²) in [6, 6.07) is 9.81. The van der Waals surface area contributed by atoms with Crippen molar-refractivity contribution in [2.75, 3.05) is 7.05 Å². The maximum Gasteiger partial charge on any atom is 0.159 e. The van der Waals surface area contributed by atoms with Crippen LogP contribution in [-0.2, 0) is 13.1 Å². The van der Waals surface area contributed by atoms with Gasteiger partial charge in [0.1, 0.15) is 5.75 Å². The van der Waals surface area contributed by atoms with Crippen molar-refractivity contribution in [3.8, 4) is 5.75 Å². The van der Waals surface area contributed by atoms with Crippen LogP contribution in [0, 0.1) is 11.6 Å². The molecule has 0 aliphatic heterocycles. The Labute approximate surface area is 218 Å². The third-order valence-electron chi connectivity index (χ3n) is 6.22. The zero-order chi connectivity index (χ0) is 26.9. The Morgan fingerprint density at radius 3 is 2.54 bits per heavy atom. The minimum Gasteiger partial charge on any atom is -0.462 e. The van der Waals surface area contributed by atoms with Gasteiger partial charge in [0, 0.05) is 42.2 Å². The largest absolute Gasteiger partial charge is 0.462 e. The summed E-state index contributed by atoms with van der Waals surface area (Å²) < 4.78 is 32.9. The first kappa shape index (κ1) is 28.1. The topological polar surface area (TPSA) is 43.3 Å². The zero-order valence-corrected chi connectivity index (χ0v) is 22.1. The minimum absolute atomic E-state index is 0.255. The zero-order valence-electron chi connectivity index (χ0n) is 22.1. The minimum atomic E-state index is -0.801. The number of halogens is 2.